The van der Waals surface area contributed by atoms with Crippen molar-refractivity contribution in [2.75, 3.05) is 13.2 Å². The van der Waals surface area contributed by atoms with E-state index in [0.717, 1.165) is 6.08 Å². The predicted octanol–water partition coefficient (Wildman–Crippen LogP) is -5.13. The van der Waals surface area contributed by atoms with Gasteiger partial charge in [0.1, 0.15) is 54.4 Å². The zero-order valence-corrected chi connectivity index (χ0v) is 21.8. The van der Waals surface area contributed by atoms with Gasteiger partial charge in [-0.1, -0.05) is 18.2 Å². The molecule has 4 rings (SSSR count). The normalized spacial score (nSPS) is 38.1. The smallest absolute Gasteiger partial charge is 0.190 e. The zero-order valence-electron chi connectivity index (χ0n) is 21.8. The van der Waals surface area contributed by atoms with E-state index in [9.17, 15) is 65.1 Å². The van der Waals surface area contributed by atoms with Crippen LogP contribution in [0.1, 0.15) is 5.56 Å². The molecule has 0 radical (unpaired) electrons. The van der Waals surface area contributed by atoms with E-state index < -0.39 is 108 Å². The average molecular weight is 594 g/mol. The van der Waals surface area contributed by atoms with Crippen LogP contribution in [0.4, 0.5) is 0 Å². The van der Waals surface area contributed by atoms with Crippen LogP contribution in [0.25, 0.3) is 6.08 Å². The summed E-state index contributed by atoms with van der Waals surface area (Å²) in [6, 6.07) is 2.41. The number of ether oxygens (including phenoxy) is 1. The molecule has 15 heteroatoms. The van der Waals surface area contributed by atoms with Gasteiger partial charge >= 0.3 is 0 Å². The fourth-order valence-electron chi connectivity index (χ4n) is 5.39. The quantitative estimate of drug-likeness (QED) is 0.0997. The average Bonchev–Trinajstić information content (AvgIpc) is 3.26. The van der Waals surface area contributed by atoms with Gasteiger partial charge in [0.15, 0.2) is 28.7 Å². The summed E-state index contributed by atoms with van der Waals surface area (Å²) in [6.45, 7) is -1.73. The molecule has 42 heavy (non-hydrogen) atoms. The minimum atomic E-state index is -3.31. The van der Waals surface area contributed by atoms with Crippen LogP contribution >= 0.6 is 0 Å². The second kappa shape index (κ2) is 12.2. The lowest BCUT2D eigenvalue weighted by molar-refractivity contribution is -0.261. The van der Waals surface area contributed by atoms with Crippen LogP contribution in [0.3, 0.4) is 0 Å². The van der Waals surface area contributed by atoms with E-state index in [1.165, 1.54) is 30.3 Å². The van der Waals surface area contributed by atoms with Gasteiger partial charge in [-0.05, 0) is 29.8 Å². The monoisotopic (exact) mass is 593 g/mol. The van der Waals surface area contributed by atoms with Crippen molar-refractivity contribution in [3.8, 4) is 5.75 Å². The summed E-state index contributed by atoms with van der Waals surface area (Å²) in [5.41, 5.74) is -3.86. The highest BCUT2D eigenvalue weighted by atomic mass is 16.6. The van der Waals surface area contributed by atoms with Crippen molar-refractivity contribution in [3.05, 3.63) is 47.6 Å². The third-order valence-electron chi connectivity index (χ3n) is 7.79. The van der Waals surface area contributed by atoms with Gasteiger partial charge < -0.3 is 50.7 Å². The molecule has 2 fully saturated rings. The van der Waals surface area contributed by atoms with Crippen LogP contribution in [0.15, 0.2) is 42.0 Å². The van der Waals surface area contributed by atoms with E-state index in [2.05, 4.69) is 5.32 Å². The number of aromatic hydroxyl groups is 1. The second-order valence-corrected chi connectivity index (χ2v) is 10.4. The third kappa shape index (κ3) is 5.35. The minimum absolute atomic E-state index is 0.0648. The molecule has 0 bridgehead atoms. The minimum Gasteiger partial charge on any atom is -0.508 e. The van der Waals surface area contributed by atoms with E-state index >= 15 is 0 Å². The number of benzene rings is 1. The van der Waals surface area contributed by atoms with Gasteiger partial charge in [-0.2, -0.15) is 0 Å². The van der Waals surface area contributed by atoms with Crippen molar-refractivity contribution < 1.29 is 69.9 Å². The number of carbonyl (C=O) groups is 4. The Bertz CT molecular complexity index is 1290. The Morgan fingerprint density at radius 2 is 1.64 bits per heavy atom. The molecular weight excluding hydrogens is 562 g/mol. The summed E-state index contributed by atoms with van der Waals surface area (Å²) in [4.78, 5) is 52.8. The molecule has 0 aromatic heterocycles. The summed E-state index contributed by atoms with van der Waals surface area (Å²) >= 11 is 0. The summed E-state index contributed by atoms with van der Waals surface area (Å²) in [5.74, 6) is -7.38. The Labute approximate surface area is 237 Å². The highest BCUT2D eigenvalue weighted by Crippen LogP contribution is 2.41. The number of aliphatic hydroxyl groups excluding tert-OH is 7. The molecule has 2 heterocycles. The van der Waals surface area contributed by atoms with Gasteiger partial charge in [0.2, 0.25) is 0 Å². The first-order chi connectivity index (χ1) is 19.8. The summed E-state index contributed by atoms with van der Waals surface area (Å²) in [5, 5.41) is 95.4. The fraction of sp³-hybridized carbons (Fsp3) is 0.481. The van der Waals surface area contributed by atoms with Crippen LogP contribution in [0.2, 0.25) is 0 Å². The Balaban J connectivity index is 1.79. The van der Waals surface area contributed by atoms with E-state index in [-0.39, 0.29) is 5.75 Å². The standard InChI is InChI=1S/C27H31NO14/c29-8-13-20(35)22(37)18(28-13)19(34)12-7-15(33)17(14(32)6-3-10-1-4-11(31)5-2-10)25(40)27(12,41)26-24(39)23(38)21(36)16(9-30)42-26/h1-7,13,16-21,23-24,26,28-31,34-36,38-39,41H,8-9H2/t13?,16?,17?,18?,19?,20?,21-,23+,24?,26-,27?/m1/s1. The summed E-state index contributed by atoms with van der Waals surface area (Å²) < 4.78 is 5.39. The molecule has 11 atom stereocenters. The lowest BCUT2D eigenvalue weighted by Crippen LogP contribution is -2.71. The maximum absolute atomic E-state index is 13.9. The number of ketones is 4. The van der Waals surface area contributed by atoms with Crippen molar-refractivity contribution in [2.24, 2.45) is 5.92 Å². The fourth-order valence-corrected chi connectivity index (χ4v) is 5.39. The first kappa shape index (κ1) is 31.7. The van der Waals surface area contributed by atoms with E-state index in [1.54, 1.807) is 0 Å². The molecule has 0 amide bonds. The molecule has 3 aliphatic rings. The van der Waals surface area contributed by atoms with Gasteiger partial charge in [-0.15, -0.1) is 0 Å². The van der Waals surface area contributed by atoms with Crippen molar-refractivity contribution >= 4 is 29.2 Å². The molecule has 0 saturated carbocycles. The number of hydrogen-bond acceptors (Lipinski definition) is 15. The largest absolute Gasteiger partial charge is 0.508 e. The molecule has 2 aliphatic heterocycles. The summed E-state index contributed by atoms with van der Waals surface area (Å²) in [7, 11) is 0. The number of aliphatic hydroxyl groups is 8. The lowest BCUT2D eigenvalue weighted by Gasteiger charge is -2.49. The van der Waals surface area contributed by atoms with Crippen LogP contribution in [0, 0.1) is 5.92 Å². The molecule has 15 nitrogen and oxygen atoms in total. The van der Waals surface area contributed by atoms with Crippen molar-refractivity contribution in [1.82, 2.24) is 5.32 Å². The molecule has 8 unspecified atom stereocenters. The van der Waals surface area contributed by atoms with Gasteiger partial charge in [0.05, 0.1) is 25.3 Å². The molecule has 2 saturated heterocycles. The highest BCUT2D eigenvalue weighted by Gasteiger charge is 2.64. The molecule has 10 N–H and O–H groups in total. The van der Waals surface area contributed by atoms with Gasteiger partial charge in [0.25, 0.3) is 0 Å². The van der Waals surface area contributed by atoms with E-state index in [4.69, 9.17) is 4.74 Å². The van der Waals surface area contributed by atoms with E-state index in [0.29, 0.717) is 11.6 Å². The number of rotatable bonds is 8. The van der Waals surface area contributed by atoms with Crippen LogP contribution < -0.4 is 5.32 Å². The molecule has 1 aromatic carbocycles. The number of Topliss-reactive ketones (excluding diaryl/α,β-unsaturated/α-hetero) is 2. The number of phenolic OH excluding ortho intramolecular Hbond substituents is 1. The number of hydrogen-bond donors (Lipinski definition) is 10. The van der Waals surface area contributed by atoms with Crippen LogP contribution in [-0.2, 0) is 23.9 Å². The zero-order chi connectivity index (χ0) is 31.1. The van der Waals surface area contributed by atoms with Gasteiger partial charge in [-0.3, -0.25) is 24.5 Å². The van der Waals surface area contributed by atoms with Crippen LogP contribution in [0.5, 0.6) is 5.75 Å². The molecule has 1 aromatic rings. The Hall–Kier alpha value is -3.22. The van der Waals surface area contributed by atoms with Crippen molar-refractivity contribution in [3.63, 3.8) is 0 Å². The lowest BCUT2D eigenvalue weighted by atomic mass is 9.66. The molecule has 0 spiro atoms. The maximum Gasteiger partial charge on any atom is 0.190 e. The van der Waals surface area contributed by atoms with Gasteiger partial charge in [0, 0.05) is 5.57 Å². The SMILES string of the molecule is O=C(C=Cc1ccc(O)cc1)C1C(=O)C=C(C(O)C2NC(CO)C(O)C2=O)C(O)([C@@H]2OC(CO)[C@@H](O)[C@H](O)C2O)C1=O. The first-order valence-corrected chi connectivity index (χ1v) is 12.9. The predicted molar refractivity (Wildman–Crippen MR) is 137 cm³/mol. The third-order valence-corrected chi connectivity index (χ3v) is 7.79. The number of allylic oxidation sites excluding steroid dienone is 2. The number of phenols is 1. The maximum atomic E-state index is 13.9. The number of nitrogens with one attached hydrogen (secondary N) is 1. The number of carbonyl (C=O) groups excluding carboxylic acids is 4. The van der Waals surface area contributed by atoms with Gasteiger partial charge in [-0.25, -0.2) is 0 Å². The summed E-state index contributed by atoms with van der Waals surface area (Å²) in [6.07, 6.45) is -11.8. The molecule has 228 valence electrons. The Morgan fingerprint density at radius 1 is 1.00 bits per heavy atom. The molecular formula is C27H31NO14. The molecule has 1 aliphatic carbocycles. The van der Waals surface area contributed by atoms with Crippen molar-refractivity contribution in [1.29, 1.82) is 0 Å². The highest BCUT2D eigenvalue weighted by molar-refractivity contribution is 6.30. The van der Waals surface area contributed by atoms with Crippen LogP contribution in [-0.4, -0.2) is 143 Å². The first-order valence-electron chi connectivity index (χ1n) is 12.9. The Morgan fingerprint density at radius 3 is 2.21 bits per heavy atom. The Kier molecular flexibility index (Phi) is 9.19. The topological polar surface area (TPSA) is 272 Å². The van der Waals surface area contributed by atoms with Crippen molar-refractivity contribution in [2.45, 2.75) is 60.4 Å². The van der Waals surface area contributed by atoms with E-state index in [1.807, 2.05) is 0 Å². The second-order valence-electron chi connectivity index (χ2n) is 10.4.